The summed E-state index contributed by atoms with van der Waals surface area (Å²) in [5, 5.41) is 5.68. The molecule has 1 fully saturated rings. The van der Waals surface area contributed by atoms with Gasteiger partial charge in [-0.25, -0.2) is 4.79 Å². The Morgan fingerprint density at radius 3 is 2.52 bits per heavy atom. The molecule has 1 saturated heterocycles. The van der Waals surface area contributed by atoms with E-state index < -0.39 is 0 Å². The molecule has 0 radical (unpaired) electrons. The van der Waals surface area contributed by atoms with Gasteiger partial charge in [0.05, 0.1) is 6.04 Å². The van der Waals surface area contributed by atoms with Gasteiger partial charge in [0.1, 0.15) is 0 Å². The molecule has 148 valence electrons. The first-order chi connectivity index (χ1) is 12.9. The highest BCUT2D eigenvalue weighted by Crippen LogP contribution is 2.18. The second-order valence-electron chi connectivity index (χ2n) is 6.85. The van der Waals surface area contributed by atoms with Crippen LogP contribution in [0.3, 0.4) is 0 Å². The Kier molecular flexibility index (Phi) is 7.21. The predicted octanol–water partition coefficient (Wildman–Crippen LogP) is 2.61. The standard InChI is InChI=1S/C20H30N4O3/c1-5-10-24-13-16(12-18(24)25)21-20(27)22-17-9-8-15(11-14(17)4)19(26)23(6-2)7-3/h8-9,11,16H,5-7,10,12-13H2,1-4H3,(H2,21,22,27). The second kappa shape index (κ2) is 9.39. The van der Waals surface area contributed by atoms with Gasteiger partial charge >= 0.3 is 6.03 Å². The maximum atomic E-state index is 12.4. The largest absolute Gasteiger partial charge is 0.341 e. The fraction of sp³-hybridized carbons (Fsp3) is 0.550. The molecule has 1 aromatic rings. The van der Waals surface area contributed by atoms with Crippen LogP contribution in [0, 0.1) is 6.92 Å². The SMILES string of the molecule is CCCN1CC(NC(=O)Nc2ccc(C(=O)N(CC)CC)cc2C)CC1=O. The molecule has 0 bridgehead atoms. The number of nitrogens with one attached hydrogen (secondary N) is 2. The van der Waals surface area contributed by atoms with Gasteiger partial charge in [-0.3, -0.25) is 9.59 Å². The van der Waals surface area contributed by atoms with E-state index in [9.17, 15) is 14.4 Å². The van der Waals surface area contributed by atoms with E-state index in [0.717, 1.165) is 18.5 Å². The fourth-order valence-electron chi connectivity index (χ4n) is 3.33. The first-order valence-electron chi connectivity index (χ1n) is 9.64. The van der Waals surface area contributed by atoms with Gasteiger partial charge in [0.15, 0.2) is 0 Å². The summed E-state index contributed by atoms with van der Waals surface area (Å²) in [6.45, 7) is 10.4. The first-order valence-corrected chi connectivity index (χ1v) is 9.64. The van der Waals surface area contributed by atoms with Crippen molar-refractivity contribution in [3.63, 3.8) is 0 Å². The van der Waals surface area contributed by atoms with E-state index in [2.05, 4.69) is 10.6 Å². The Bertz CT molecular complexity index is 700. The minimum Gasteiger partial charge on any atom is -0.341 e. The molecule has 7 nitrogen and oxygen atoms in total. The van der Waals surface area contributed by atoms with Crippen LogP contribution in [0.2, 0.25) is 0 Å². The molecule has 2 rings (SSSR count). The van der Waals surface area contributed by atoms with Crippen molar-refractivity contribution in [2.24, 2.45) is 0 Å². The lowest BCUT2D eigenvalue weighted by molar-refractivity contribution is -0.127. The minimum atomic E-state index is -0.336. The van der Waals surface area contributed by atoms with Crippen LogP contribution in [-0.4, -0.2) is 59.9 Å². The van der Waals surface area contributed by atoms with Crippen LogP contribution < -0.4 is 10.6 Å². The molecule has 2 N–H and O–H groups in total. The van der Waals surface area contributed by atoms with E-state index in [1.54, 1.807) is 28.0 Å². The Hall–Kier alpha value is -2.57. The van der Waals surface area contributed by atoms with Crippen LogP contribution in [0.15, 0.2) is 18.2 Å². The highest BCUT2D eigenvalue weighted by molar-refractivity contribution is 5.96. The topological polar surface area (TPSA) is 81.8 Å². The van der Waals surface area contributed by atoms with Crippen LogP contribution in [0.5, 0.6) is 0 Å². The van der Waals surface area contributed by atoms with Crippen molar-refractivity contribution in [2.75, 3.05) is 31.5 Å². The zero-order chi connectivity index (χ0) is 20.0. The number of urea groups is 1. The summed E-state index contributed by atoms with van der Waals surface area (Å²) in [4.78, 5) is 40.1. The number of nitrogens with zero attached hydrogens (tertiary/aromatic N) is 2. The molecule has 1 aliphatic rings. The van der Waals surface area contributed by atoms with E-state index in [0.29, 0.717) is 37.3 Å². The fourth-order valence-corrected chi connectivity index (χ4v) is 3.33. The Balaban J connectivity index is 1.96. The molecule has 0 aromatic heterocycles. The first kappa shape index (κ1) is 20.7. The summed E-state index contributed by atoms with van der Waals surface area (Å²) in [6.07, 6.45) is 1.24. The van der Waals surface area contributed by atoms with Crippen molar-refractivity contribution in [1.82, 2.24) is 15.1 Å². The van der Waals surface area contributed by atoms with E-state index >= 15 is 0 Å². The van der Waals surface area contributed by atoms with Crippen molar-refractivity contribution in [3.05, 3.63) is 29.3 Å². The van der Waals surface area contributed by atoms with Crippen molar-refractivity contribution >= 4 is 23.5 Å². The Morgan fingerprint density at radius 1 is 1.22 bits per heavy atom. The van der Waals surface area contributed by atoms with Gasteiger partial charge in [0.25, 0.3) is 5.91 Å². The third-order valence-corrected chi connectivity index (χ3v) is 4.82. The van der Waals surface area contributed by atoms with E-state index in [4.69, 9.17) is 0 Å². The Labute approximate surface area is 161 Å². The zero-order valence-corrected chi connectivity index (χ0v) is 16.7. The summed E-state index contributed by atoms with van der Waals surface area (Å²) >= 11 is 0. The lowest BCUT2D eigenvalue weighted by Gasteiger charge is -2.19. The number of carbonyl (C=O) groups is 3. The number of anilines is 1. The van der Waals surface area contributed by atoms with Crippen molar-refractivity contribution in [3.8, 4) is 0 Å². The number of carbonyl (C=O) groups excluding carboxylic acids is 3. The molecular weight excluding hydrogens is 344 g/mol. The van der Waals surface area contributed by atoms with E-state index in [1.807, 2.05) is 27.7 Å². The zero-order valence-electron chi connectivity index (χ0n) is 16.7. The molecule has 0 aliphatic carbocycles. The summed E-state index contributed by atoms with van der Waals surface area (Å²) in [5.74, 6) is 0.0668. The Morgan fingerprint density at radius 2 is 1.93 bits per heavy atom. The van der Waals surface area contributed by atoms with Crippen LogP contribution in [-0.2, 0) is 4.79 Å². The van der Waals surface area contributed by atoms with Gasteiger partial charge < -0.3 is 20.4 Å². The number of hydrogen-bond donors (Lipinski definition) is 2. The molecule has 1 heterocycles. The summed E-state index contributed by atoms with van der Waals surface area (Å²) in [6, 6.07) is 4.75. The summed E-state index contributed by atoms with van der Waals surface area (Å²) < 4.78 is 0. The number of likely N-dealkylation sites (tertiary alicyclic amines) is 1. The monoisotopic (exact) mass is 374 g/mol. The molecular formula is C20H30N4O3. The van der Waals surface area contributed by atoms with E-state index in [-0.39, 0.29) is 23.9 Å². The second-order valence-corrected chi connectivity index (χ2v) is 6.85. The van der Waals surface area contributed by atoms with E-state index in [1.165, 1.54) is 0 Å². The molecule has 0 spiro atoms. The normalized spacial score (nSPS) is 16.4. The van der Waals surface area contributed by atoms with Gasteiger partial charge in [0.2, 0.25) is 5.91 Å². The lowest BCUT2D eigenvalue weighted by Crippen LogP contribution is -2.40. The maximum Gasteiger partial charge on any atom is 0.319 e. The minimum absolute atomic E-state index is 0.0143. The van der Waals surface area contributed by atoms with Gasteiger partial charge in [-0.2, -0.15) is 0 Å². The van der Waals surface area contributed by atoms with Crippen molar-refractivity contribution < 1.29 is 14.4 Å². The smallest absolute Gasteiger partial charge is 0.319 e. The van der Waals surface area contributed by atoms with Crippen molar-refractivity contribution in [2.45, 2.75) is 46.6 Å². The van der Waals surface area contributed by atoms with Crippen LogP contribution in [0.25, 0.3) is 0 Å². The van der Waals surface area contributed by atoms with Crippen LogP contribution in [0.4, 0.5) is 10.5 Å². The highest BCUT2D eigenvalue weighted by Gasteiger charge is 2.29. The molecule has 0 saturated carbocycles. The quantitative estimate of drug-likeness (QED) is 0.770. The van der Waals surface area contributed by atoms with Crippen molar-refractivity contribution in [1.29, 1.82) is 0 Å². The number of aryl methyl sites for hydroxylation is 1. The summed E-state index contributed by atoms with van der Waals surface area (Å²) in [7, 11) is 0. The number of hydrogen-bond acceptors (Lipinski definition) is 3. The molecule has 1 unspecified atom stereocenters. The van der Waals surface area contributed by atoms with Gasteiger partial charge in [0, 0.05) is 43.9 Å². The molecule has 1 aliphatic heterocycles. The van der Waals surface area contributed by atoms with Crippen LogP contribution >= 0.6 is 0 Å². The molecule has 7 heteroatoms. The number of benzene rings is 1. The third-order valence-electron chi connectivity index (χ3n) is 4.82. The van der Waals surface area contributed by atoms with Gasteiger partial charge in [-0.15, -0.1) is 0 Å². The van der Waals surface area contributed by atoms with Crippen LogP contribution in [0.1, 0.15) is 49.5 Å². The van der Waals surface area contributed by atoms with Gasteiger partial charge in [-0.1, -0.05) is 6.92 Å². The highest BCUT2D eigenvalue weighted by atomic mass is 16.2. The lowest BCUT2D eigenvalue weighted by atomic mass is 10.1. The average Bonchev–Trinajstić information content (AvgIpc) is 2.97. The predicted molar refractivity (Wildman–Crippen MR) is 106 cm³/mol. The average molecular weight is 374 g/mol. The number of amides is 4. The summed E-state index contributed by atoms with van der Waals surface area (Å²) in [5.41, 5.74) is 2.08. The molecule has 4 amide bonds. The number of rotatable bonds is 7. The molecule has 27 heavy (non-hydrogen) atoms. The van der Waals surface area contributed by atoms with Gasteiger partial charge in [-0.05, 0) is 51.0 Å². The third kappa shape index (κ3) is 5.21. The molecule has 1 atom stereocenters. The molecule has 1 aromatic carbocycles. The maximum absolute atomic E-state index is 12.4.